The second-order valence-corrected chi connectivity index (χ2v) is 13.1. The van der Waals surface area contributed by atoms with Crippen LogP contribution in [0.3, 0.4) is 0 Å². The van der Waals surface area contributed by atoms with Gasteiger partial charge in [0.25, 0.3) is 0 Å². The monoisotopic (exact) mass is 590 g/mol. The number of esters is 3. The van der Waals surface area contributed by atoms with Crippen LogP contribution in [0.5, 0.6) is 0 Å². The Morgan fingerprint density at radius 1 is 0.738 bits per heavy atom. The first-order valence-electron chi connectivity index (χ1n) is 14.5. The maximum absolute atomic E-state index is 10.9. The molecule has 0 N–H and O–H groups in total. The van der Waals surface area contributed by atoms with Crippen molar-refractivity contribution in [1.82, 2.24) is 0 Å². The zero-order valence-corrected chi connectivity index (χ0v) is 27.6. The minimum absolute atomic E-state index is 0.0128. The molecular formula is C34H54O8. The van der Waals surface area contributed by atoms with Crippen molar-refractivity contribution < 1.29 is 38.2 Å². The quantitative estimate of drug-likeness (QED) is 0.137. The lowest BCUT2D eigenvalue weighted by molar-refractivity contribution is -0.148. The second-order valence-electron chi connectivity index (χ2n) is 13.1. The van der Waals surface area contributed by atoms with Crippen LogP contribution in [0.2, 0.25) is 0 Å². The van der Waals surface area contributed by atoms with Crippen molar-refractivity contribution in [3.63, 3.8) is 0 Å². The van der Waals surface area contributed by atoms with Crippen LogP contribution in [0.1, 0.15) is 88.5 Å². The van der Waals surface area contributed by atoms with E-state index >= 15 is 0 Å². The van der Waals surface area contributed by atoms with E-state index in [2.05, 4.69) is 54.7 Å². The molecule has 8 heteroatoms. The van der Waals surface area contributed by atoms with Gasteiger partial charge in [0, 0.05) is 32.6 Å². The van der Waals surface area contributed by atoms with Gasteiger partial charge in [-0.1, -0.05) is 65.3 Å². The fourth-order valence-electron chi connectivity index (χ4n) is 5.31. The summed E-state index contributed by atoms with van der Waals surface area (Å²) in [4.78, 5) is 50.8. The minimum Gasteiger partial charge on any atom is -0.466 e. The summed E-state index contributed by atoms with van der Waals surface area (Å²) in [6.45, 7) is 30.1. The molecule has 0 bridgehead atoms. The van der Waals surface area contributed by atoms with Gasteiger partial charge >= 0.3 is 17.9 Å². The number of hydrogen-bond acceptors (Lipinski definition) is 8. The number of allylic oxidation sites excluding steroid dienone is 4. The maximum Gasteiger partial charge on any atom is 0.302 e. The topological polar surface area (TPSA) is 113 Å². The molecule has 0 aromatic carbocycles. The number of rotatable bonds is 8. The van der Waals surface area contributed by atoms with Gasteiger partial charge in [-0.3, -0.25) is 19.2 Å². The Labute approximate surface area is 253 Å². The van der Waals surface area contributed by atoms with Crippen LogP contribution >= 0.6 is 0 Å². The van der Waals surface area contributed by atoms with Crippen molar-refractivity contribution >= 4 is 30.5 Å². The van der Waals surface area contributed by atoms with Crippen LogP contribution in [0.15, 0.2) is 36.5 Å². The van der Waals surface area contributed by atoms with Crippen molar-refractivity contribution in [2.24, 2.45) is 39.9 Å². The average Bonchev–Trinajstić information content (AvgIpc) is 2.88. The lowest BCUT2D eigenvalue weighted by atomic mass is 9.55. The van der Waals surface area contributed by atoms with Gasteiger partial charge in [-0.15, -0.1) is 6.58 Å². The van der Waals surface area contributed by atoms with Crippen LogP contribution < -0.4 is 0 Å². The zero-order chi connectivity index (χ0) is 33.1. The molecule has 0 saturated heterocycles. The van der Waals surface area contributed by atoms with Gasteiger partial charge in [0.05, 0.1) is 19.8 Å². The zero-order valence-electron chi connectivity index (χ0n) is 27.6. The Hall–Kier alpha value is -3.03. The maximum atomic E-state index is 10.9. The Morgan fingerprint density at radius 3 is 1.43 bits per heavy atom. The highest BCUT2D eigenvalue weighted by molar-refractivity contribution is 5.88. The van der Waals surface area contributed by atoms with E-state index in [4.69, 9.17) is 19.0 Å². The number of ether oxygens (including phenoxy) is 3. The van der Waals surface area contributed by atoms with Crippen molar-refractivity contribution in [1.29, 1.82) is 0 Å². The van der Waals surface area contributed by atoms with Crippen molar-refractivity contribution in [3.05, 3.63) is 36.5 Å². The highest BCUT2D eigenvalue weighted by Gasteiger charge is 2.47. The van der Waals surface area contributed by atoms with E-state index in [1.807, 2.05) is 12.9 Å². The number of carbonyl (C=O) groups is 5. The average molecular weight is 591 g/mol. The summed E-state index contributed by atoms with van der Waals surface area (Å²) in [5, 5.41) is 0. The molecule has 3 fully saturated rings. The molecule has 0 amide bonds. The first kappa shape index (κ1) is 39.0. The van der Waals surface area contributed by atoms with Crippen LogP contribution in [-0.2, 0) is 38.2 Å². The summed E-state index contributed by atoms with van der Waals surface area (Å²) >= 11 is 0. The molecule has 0 heterocycles. The smallest absolute Gasteiger partial charge is 0.302 e. The first-order chi connectivity index (χ1) is 19.3. The van der Waals surface area contributed by atoms with E-state index < -0.39 is 0 Å². The summed E-state index contributed by atoms with van der Waals surface area (Å²) in [6.07, 6.45) is 6.67. The Balaban J connectivity index is 0.000000586. The summed E-state index contributed by atoms with van der Waals surface area (Å²) in [5.74, 6) is 1.35. The fourth-order valence-corrected chi connectivity index (χ4v) is 5.31. The number of ketones is 1. The lowest BCUT2D eigenvalue weighted by Crippen LogP contribution is -2.46. The molecule has 3 aliphatic rings. The fraction of sp³-hybridized carbons (Fsp3) is 0.676. The molecule has 3 saturated carbocycles. The van der Waals surface area contributed by atoms with Crippen molar-refractivity contribution in [2.45, 2.75) is 88.5 Å². The van der Waals surface area contributed by atoms with E-state index in [1.165, 1.54) is 26.3 Å². The number of hydrogen-bond donors (Lipinski definition) is 0. The lowest BCUT2D eigenvalue weighted by Gasteiger charge is -2.50. The van der Waals surface area contributed by atoms with E-state index in [1.54, 1.807) is 13.0 Å². The summed E-state index contributed by atoms with van der Waals surface area (Å²) in [6, 6.07) is 0. The molecule has 0 radical (unpaired) electrons. The molecule has 8 nitrogen and oxygen atoms in total. The van der Waals surface area contributed by atoms with Crippen LogP contribution in [0.25, 0.3) is 0 Å². The van der Waals surface area contributed by atoms with Gasteiger partial charge in [0.1, 0.15) is 6.79 Å². The SMILES string of the molecule is C=C1CC(COC(C)=O)C1(C)C.C=CC1CC(COC(C)=O)C1(C)C.C=O.CC(=O)C=C1CC(COC(C)=O)C1(C)C. The third-order valence-corrected chi connectivity index (χ3v) is 9.41. The van der Waals surface area contributed by atoms with Gasteiger partial charge in [-0.25, -0.2) is 0 Å². The Bertz CT molecular complexity index is 1020. The largest absolute Gasteiger partial charge is 0.466 e. The molecule has 42 heavy (non-hydrogen) atoms. The van der Waals surface area contributed by atoms with E-state index in [0.29, 0.717) is 43.5 Å². The Kier molecular flexibility index (Phi) is 15.4. The molecule has 0 aromatic heterocycles. The standard InChI is InChI=1S/C12H18O3.C11H18O2.C10H16O2.CH2O/c1-8(13)5-10-6-11(12(10,3)4)7-15-9(2)14;1-5-9-6-10(11(9,3)4)7-13-8(2)12;1-7-5-9(10(7,3)4)6-12-8(2)11;1-2/h5,11H,6-7H2,1-4H3;5,9-10H,1,6-7H2,2-4H3;9H,1,5-6H2,2-4H3;1H2. The van der Waals surface area contributed by atoms with Gasteiger partial charge in [-0.2, -0.15) is 0 Å². The molecule has 0 aliphatic heterocycles. The summed E-state index contributed by atoms with van der Waals surface area (Å²) in [5.41, 5.74) is 2.82. The van der Waals surface area contributed by atoms with Gasteiger partial charge in [0.2, 0.25) is 0 Å². The van der Waals surface area contributed by atoms with E-state index in [9.17, 15) is 19.2 Å². The van der Waals surface area contributed by atoms with E-state index in [0.717, 1.165) is 24.8 Å². The van der Waals surface area contributed by atoms with Crippen molar-refractivity contribution in [2.75, 3.05) is 19.8 Å². The van der Waals surface area contributed by atoms with Crippen molar-refractivity contribution in [3.8, 4) is 0 Å². The number of carbonyl (C=O) groups excluding carboxylic acids is 5. The predicted octanol–water partition coefficient (Wildman–Crippen LogP) is 6.48. The van der Waals surface area contributed by atoms with Crippen LogP contribution in [0.4, 0.5) is 0 Å². The molecular weight excluding hydrogens is 536 g/mol. The van der Waals surface area contributed by atoms with Gasteiger partial charge < -0.3 is 19.0 Å². The minimum atomic E-state index is -0.241. The molecule has 4 unspecified atom stereocenters. The van der Waals surface area contributed by atoms with E-state index in [-0.39, 0.29) is 39.9 Å². The predicted molar refractivity (Wildman–Crippen MR) is 164 cm³/mol. The molecule has 3 rings (SSSR count). The summed E-state index contributed by atoms with van der Waals surface area (Å²) < 4.78 is 14.9. The second kappa shape index (κ2) is 16.6. The highest BCUT2D eigenvalue weighted by Crippen LogP contribution is 2.52. The first-order valence-corrected chi connectivity index (χ1v) is 14.5. The van der Waals surface area contributed by atoms with Gasteiger partial charge in [-0.05, 0) is 60.3 Å². The molecule has 0 spiro atoms. The third-order valence-electron chi connectivity index (χ3n) is 9.41. The summed E-state index contributed by atoms with van der Waals surface area (Å²) in [7, 11) is 0. The third kappa shape index (κ3) is 11.0. The Morgan fingerprint density at radius 2 is 1.14 bits per heavy atom. The highest BCUT2D eigenvalue weighted by atomic mass is 16.5. The van der Waals surface area contributed by atoms with Gasteiger partial charge in [0.15, 0.2) is 5.78 Å². The molecule has 4 atom stereocenters. The molecule has 0 aromatic rings. The van der Waals surface area contributed by atoms with Crippen LogP contribution in [0, 0.1) is 39.9 Å². The normalized spacial score (nSPS) is 26.2. The molecule has 238 valence electrons. The molecule has 3 aliphatic carbocycles. The van der Waals surface area contributed by atoms with Crippen LogP contribution in [-0.4, -0.2) is 50.3 Å².